The van der Waals surface area contributed by atoms with E-state index in [0.29, 0.717) is 11.3 Å². The Morgan fingerprint density at radius 3 is 2.67 bits per heavy atom. The topological polar surface area (TPSA) is 45.8 Å². The van der Waals surface area contributed by atoms with Crippen molar-refractivity contribution in [3.63, 3.8) is 0 Å². The van der Waals surface area contributed by atoms with E-state index in [1.54, 1.807) is 11.5 Å². The number of carbonyl (C=O) groups excluding carboxylic acids is 1. The first kappa shape index (κ1) is 9.47. The lowest BCUT2D eigenvalue weighted by Crippen LogP contribution is -2.07. The summed E-state index contributed by atoms with van der Waals surface area (Å²) < 4.78 is 1.58. The van der Waals surface area contributed by atoms with Crippen LogP contribution in [0.3, 0.4) is 0 Å². The summed E-state index contributed by atoms with van der Waals surface area (Å²) in [5.41, 5.74) is 2.10. The van der Waals surface area contributed by atoms with Gasteiger partial charge in [-0.2, -0.15) is 5.26 Å². The molecule has 0 amide bonds. The number of nitrogens with zero attached hydrogens (tertiary/aromatic N) is 2. The van der Waals surface area contributed by atoms with E-state index in [9.17, 15) is 4.79 Å². The van der Waals surface area contributed by atoms with Crippen LogP contribution in [0.15, 0.2) is 24.3 Å². The molecule has 0 aliphatic heterocycles. The second-order valence-corrected chi connectivity index (χ2v) is 3.44. The minimum atomic E-state index is -0.0646. The highest BCUT2D eigenvalue weighted by Gasteiger charge is 2.14. The fourth-order valence-corrected chi connectivity index (χ4v) is 1.91. The lowest BCUT2D eigenvalue weighted by molar-refractivity contribution is 0.0939. The van der Waals surface area contributed by atoms with Crippen LogP contribution in [0.1, 0.15) is 23.0 Å². The van der Waals surface area contributed by atoms with Crippen LogP contribution in [-0.2, 0) is 0 Å². The molecule has 74 valence electrons. The van der Waals surface area contributed by atoms with Gasteiger partial charge in [0.2, 0.25) is 5.91 Å². The lowest BCUT2D eigenvalue weighted by atomic mass is 10.1. The molecule has 0 atom stereocenters. The van der Waals surface area contributed by atoms with E-state index >= 15 is 0 Å². The van der Waals surface area contributed by atoms with Gasteiger partial charge >= 0.3 is 0 Å². The quantitative estimate of drug-likeness (QED) is 0.652. The molecule has 0 saturated carbocycles. The van der Waals surface area contributed by atoms with E-state index in [1.807, 2.05) is 24.3 Å². The van der Waals surface area contributed by atoms with Gasteiger partial charge in [-0.3, -0.25) is 9.36 Å². The summed E-state index contributed by atoms with van der Waals surface area (Å²) in [6.07, 6.45) is 0. The van der Waals surface area contributed by atoms with Gasteiger partial charge in [0.25, 0.3) is 0 Å². The zero-order chi connectivity index (χ0) is 11.0. The van der Waals surface area contributed by atoms with E-state index < -0.39 is 0 Å². The summed E-state index contributed by atoms with van der Waals surface area (Å²) in [5, 5.41) is 9.88. The highest BCUT2D eigenvalue weighted by Crippen LogP contribution is 2.24. The summed E-state index contributed by atoms with van der Waals surface area (Å²) in [6.45, 7) is 3.29. The van der Waals surface area contributed by atoms with Gasteiger partial charge in [0.15, 0.2) is 0 Å². The molecule has 2 rings (SSSR count). The normalized spacial score (nSPS) is 10.2. The molecule has 15 heavy (non-hydrogen) atoms. The maximum Gasteiger partial charge on any atom is 0.228 e. The van der Waals surface area contributed by atoms with E-state index in [1.165, 1.54) is 6.92 Å². The Bertz CT molecular complexity index is 587. The van der Waals surface area contributed by atoms with Crippen molar-refractivity contribution >= 4 is 16.8 Å². The predicted octanol–water partition coefficient (Wildman–Crippen LogP) is 2.48. The zero-order valence-electron chi connectivity index (χ0n) is 8.61. The largest absolute Gasteiger partial charge is 0.283 e. The van der Waals surface area contributed by atoms with Crippen LogP contribution in [-0.4, -0.2) is 10.5 Å². The molecule has 0 aliphatic carbocycles. The van der Waals surface area contributed by atoms with Crippen LogP contribution >= 0.6 is 0 Å². The van der Waals surface area contributed by atoms with Crippen molar-refractivity contribution < 1.29 is 4.79 Å². The molecule has 0 aliphatic rings. The van der Waals surface area contributed by atoms with Crippen LogP contribution in [0.2, 0.25) is 0 Å². The average Bonchev–Trinajstić information content (AvgIpc) is 2.49. The smallest absolute Gasteiger partial charge is 0.228 e. The Kier molecular flexibility index (Phi) is 2.05. The third-order valence-electron chi connectivity index (χ3n) is 2.54. The first-order chi connectivity index (χ1) is 7.16. The summed E-state index contributed by atoms with van der Waals surface area (Å²) in [6, 6.07) is 9.59. The predicted molar refractivity (Wildman–Crippen MR) is 57.7 cm³/mol. The zero-order valence-corrected chi connectivity index (χ0v) is 8.61. The van der Waals surface area contributed by atoms with Crippen LogP contribution in [0.4, 0.5) is 0 Å². The molecule has 0 bridgehead atoms. The van der Waals surface area contributed by atoms with Gasteiger partial charge in [-0.1, -0.05) is 18.2 Å². The van der Waals surface area contributed by atoms with Gasteiger partial charge in [0.05, 0.1) is 11.1 Å². The number of hydrogen-bond donors (Lipinski definition) is 0. The van der Waals surface area contributed by atoms with Gasteiger partial charge in [-0.15, -0.1) is 0 Å². The number of hydrogen-bond acceptors (Lipinski definition) is 2. The number of benzene rings is 1. The molecule has 1 aromatic carbocycles. The van der Waals surface area contributed by atoms with Crippen LogP contribution in [0.5, 0.6) is 0 Å². The Morgan fingerprint density at radius 1 is 1.40 bits per heavy atom. The van der Waals surface area contributed by atoms with Crippen molar-refractivity contribution in [3.05, 3.63) is 35.5 Å². The number of rotatable bonds is 0. The Hall–Kier alpha value is -2.08. The van der Waals surface area contributed by atoms with Crippen molar-refractivity contribution in [2.24, 2.45) is 0 Å². The van der Waals surface area contributed by atoms with Crippen molar-refractivity contribution in [1.82, 2.24) is 4.57 Å². The molecule has 0 unspecified atom stereocenters. The lowest BCUT2D eigenvalue weighted by Gasteiger charge is -2.01. The van der Waals surface area contributed by atoms with Crippen molar-refractivity contribution in [2.45, 2.75) is 13.8 Å². The third kappa shape index (κ3) is 1.23. The number of para-hydroxylation sites is 1. The monoisotopic (exact) mass is 198 g/mol. The summed E-state index contributed by atoms with van der Waals surface area (Å²) in [7, 11) is 0. The molecule has 3 nitrogen and oxygen atoms in total. The minimum Gasteiger partial charge on any atom is -0.283 e. The summed E-state index contributed by atoms with van der Waals surface area (Å²) >= 11 is 0. The fraction of sp³-hybridized carbons (Fsp3) is 0.167. The Morgan fingerprint density at radius 2 is 2.07 bits per heavy atom. The van der Waals surface area contributed by atoms with Gasteiger partial charge in [-0.25, -0.2) is 0 Å². The Balaban J connectivity index is 2.99. The maximum absolute atomic E-state index is 11.5. The molecule has 1 aromatic heterocycles. The molecule has 3 heteroatoms. The average molecular weight is 198 g/mol. The third-order valence-corrected chi connectivity index (χ3v) is 2.54. The van der Waals surface area contributed by atoms with Gasteiger partial charge in [0.1, 0.15) is 6.07 Å². The van der Waals surface area contributed by atoms with Crippen LogP contribution in [0, 0.1) is 18.3 Å². The van der Waals surface area contributed by atoms with Crippen molar-refractivity contribution in [3.8, 4) is 6.07 Å². The summed E-state index contributed by atoms with van der Waals surface area (Å²) in [4.78, 5) is 11.5. The van der Waals surface area contributed by atoms with Crippen molar-refractivity contribution in [1.29, 1.82) is 5.26 Å². The molecule has 2 aromatic rings. The fourth-order valence-electron chi connectivity index (χ4n) is 1.91. The van der Waals surface area contributed by atoms with Gasteiger partial charge in [-0.05, 0) is 13.0 Å². The Labute approximate surface area is 87.5 Å². The highest BCUT2D eigenvalue weighted by molar-refractivity contribution is 5.96. The second-order valence-electron chi connectivity index (χ2n) is 3.44. The standard InChI is InChI=1S/C12H10N2O/c1-8-11(7-13)10-5-3-4-6-12(10)14(8)9(2)15/h3-6H,1-2H3. The maximum atomic E-state index is 11.5. The highest BCUT2D eigenvalue weighted by atomic mass is 16.1. The number of fused-ring (bicyclic) bond motifs is 1. The minimum absolute atomic E-state index is 0.0646. The number of carbonyl (C=O) groups is 1. The van der Waals surface area contributed by atoms with E-state index in [4.69, 9.17) is 5.26 Å². The number of nitriles is 1. The molecule has 0 fully saturated rings. The molecular weight excluding hydrogens is 188 g/mol. The van der Waals surface area contributed by atoms with Crippen LogP contribution in [0.25, 0.3) is 10.9 Å². The van der Waals surface area contributed by atoms with E-state index in [-0.39, 0.29) is 5.91 Å². The molecule has 0 N–H and O–H groups in total. The molecule has 1 heterocycles. The first-order valence-electron chi connectivity index (χ1n) is 4.68. The SMILES string of the molecule is CC(=O)n1c(C)c(C#N)c2ccccc21. The first-order valence-corrected chi connectivity index (χ1v) is 4.68. The molecule has 0 spiro atoms. The molecule has 0 saturated heterocycles. The second kappa shape index (κ2) is 3.25. The number of aromatic nitrogens is 1. The van der Waals surface area contributed by atoms with E-state index in [0.717, 1.165) is 10.9 Å². The molecular formula is C12H10N2O. The van der Waals surface area contributed by atoms with Gasteiger partial charge in [0, 0.05) is 18.0 Å². The van der Waals surface area contributed by atoms with Crippen molar-refractivity contribution in [2.75, 3.05) is 0 Å². The van der Waals surface area contributed by atoms with Gasteiger partial charge < -0.3 is 0 Å². The molecule has 0 radical (unpaired) electrons. The summed E-state index contributed by atoms with van der Waals surface area (Å²) in [5.74, 6) is -0.0646. The van der Waals surface area contributed by atoms with E-state index in [2.05, 4.69) is 6.07 Å². The van der Waals surface area contributed by atoms with Crippen LogP contribution < -0.4 is 0 Å².